The number of carbonyl (C=O) groups is 4. The Kier molecular flexibility index (Phi) is 4.14. The number of amides is 3. The Hall–Kier alpha value is -3.35. The fourth-order valence-corrected chi connectivity index (χ4v) is 2.60. The number of carbonyl (C=O) groups excluding carboxylic acids is 4. The molecule has 2 aromatic carbocycles. The third kappa shape index (κ3) is 3.03. The summed E-state index contributed by atoms with van der Waals surface area (Å²) in [7, 11) is 0. The summed E-state index contributed by atoms with van der Waals surface area (Å²) in [5, 5.41) is 2.52. The molecule has 0 aliphatic carbocycles. The summed E-state index contributed by atoms with van der Waals surface area (Å²) in [6.45, 7) is 0.852. The molecule has 0 fully saturated rings. The van der Waals surface area contributed by atoms with Gasteiger partial charge in [-0.25, -0.2) is 4.39 Å². The molecule has 126 valence electrons. The van der Waals surface area contributed by atoms with Crippen molar-refractivity contribution in [3.8, 4) is 0 Å². The zero-order chi connectivity index (χ0) is 18.1. The van der Waals surface area contributed by atoms with Gasteiger partial charge in [0, 0.05) is 11.3 Å². The second kappa shape index (κ2) is 6.27. The number of benzene rings is 2. The Morgan fingerprint density at radius 2 is 1.80 bits per heavy atom. The number of imide groups is 1. The van der Waals surface area contributed by atoms with Gasteiger partial charge in [-0.15, -0.1) is 0 Å². The van der Waals surface area contributed by atoms with Crippen molar-refractivity contribution in [2.24, 2.45) is 0 Å². The third-order valence-corrected chi connectivity index (χ3v) is 3.80. The molecule has 1 aliphatic rings. The number of anilines is 1. The van der Waals surface area contributed by atoms with E-state index in [1.54, 1.807) is 18.2 Å². The molecule has 0 saturated carbocycles. The highest BCUT2D eigenvalue weighted by Crippen LogP contribution is 2.25. The van der Waals surface area contributed by atoms with Crippen molar-refractivity contribution >= 4 is 29.2 Å². The molecule has 0 atom stereocenters. The molecule has 7 heteroatoms. The maximum absolute atomic E-state index is 13.8. The van der Waals surface area contributed by atoms with Gasteiger partial charge >= 0.3 is 0 Å². The first-order valence-corrected chi connectivity index (χ1v) is 7.44. The summed E-state index contributed by atoms with van der Waals surface area (Å²) >= 11 is 0. The maximum Gasteiger partial charge on any atom is 0.265 e. The van der Waals surface area contributed by atoms with E-state index >= 15 is 0 Å². The standard InChI is InChI=1S/C18H13FN2O4/c1-10(22)11-4-2-5-12(8-11)20-15(23)9-21-17(24)13-6-3-7-14(19)16(13)18(21)25/h2-8H,9H2,1H3,(H,20,23). The summed E-state index contributed by atoms with van der Waals surface area (Å²) in [6.07, 6.45) is 0. The first-order chi connectivity index (χ1) is 11.9. The van der Waals surface area contributed by atoms with E-state index in [0.717, 1.165) is 6.07 Å². The number of halogens is 1. The van der Waals surface area contributed by atoms with Crippen LogP contribution >= 0.6 is 0 Å². The molecule has 0 radical (unpaired) electrons. The van der Waals surface area contributed by atoms with Gasteiger partial charge in [-0.3, -0.25) is 24.1 Å². The fourth-order valence-electron chi connectivity index (χ4n) is 2.60. The maximum atomic E-state index is 13.8. The first-order valence-electron chi connectivity index (χ1n) is 7.44. The lowest BCUT2D eigenvalue weighted by molar-refractivity contribution is -0.116. The van der Waals surface area contributed by atoms with Crippen molar-refractivity contribution in [2.75, 3.05) is 11.9 Å². The minimum atomic E-state index is -0.842. The summed E-state index contributed by atoms with van der Waals surface area (Å²) in [4.78, 5) is 48.6. The molecule has 0 saturated heterocycles. The molecular formula is C18H13FN2O4. The molecular weight excluding hydrogens is 327 g/mol. The smallest absolute Gasteiger partial charge is 0.265 e. The monoisotopic (exact) mass is 340 g/mol. The van der Waals surface area contributed by atoms with E-state index in [2.05, 4.69) is 5.32 Å². The van der Waals surface area contributed by atoms with Gasteiger partial charge < -0.3 is 5.32 Å². The lowest BCUT2D eigenvalue weighted by Crippen LogP contribution is -2.37. The number of hydrogen-bond donors (Lipinski definition) is 1. The summed E-state index contributed by atoms with van der Waals surface area (Å²) < 4.78 is 13.8. The van der Waals surface area contributed by atoms with E-state index in [9.17, 15) is 23.6 Å². The number of nitrogens with zero attached hydrogens (tertiary/aromatic N) is 1. The van der Waals surface area contributed by atoms with Crippen LogP contribution in [0.25, 0.3) is 0 Å². The molecule has 3 rings (SSSR count). The third-order valence-electron chi connectivity index (χ3n) is 3.80. The lowest BCUT2D eigenvalue weighted by atomic mass is 10.1. The predicted molar refractivity (Wildman–Crippen MR) is 86.8 cm³/mol. The van der Waals surface area contributed by atoms with E-state index in [1.807, 2.05) is 0 Å². The number of rotatable bonds is 4. The Labute approximate surface area is 142 Å². The molecule has 6 nitrogen and oxygen atoms in total. The molecule has 0 spiro atoms. The van der Waals surface area contributed by atoms with Crippen LogP contribution < -0.4 is 5.32 Å². The number of ketones is 1. The average Bonchev–Trinajstić information content (AvgIpc) is 2.81. The van der Waals surface area contributed by atoms with Gasteiger partial charge in [0.2, 0.25) is 5.91 Å². The van der Waals surface area contributed by atoms with Gasteiger partial charge in [-0.05, 0) is 31.2 Å². The van der Waals surface area contributed by atoms with Gasteiger partial charge in [-0.1, -0.05) is 18.2 Å². The SMILES string of the molecule is CC(=O)c1cccc(NC(=O)CN2C(=O)c3cccc(F)c3C2=O)c1. The second-order valence-electron chi connectivity index (χ2n) is 5.54. The van der Waals surface area contributed by atoms with Crippen LogP contribution in [0.1, 0.15) is 38.0 Å². The van der Waals surface area contributed by atoms with Crippen LogP contribution in [-0.4, -0.2) is 34.9 Å². The molecule has 1 heterocycles. The van der Waals surface area contributed by atoms with Crippen LogP contribution in [0.5, 0.6) is 0 Å². The molecule has 2 aromatic rings. The molecule has 25 heavy (non-hydrogen) atoms. The van der Waals surface area contributed by atoms with Crippen LogP contribution in [-0.2, 0) is 4.79 Å². The van der Waals surface area contributed by atoms with E-state index in [-0.39, 0.29) is 16.9 Å². The molecule has 1 N–H and O–H groups in total. The highest BCUT2D eigenvalue weighted by atomic mass is 19.1. The quantitative estimate of drug-likeness (QED) is 0.683. The van der Waals surface area contributed by atoms with Crippen molar-refractivity contribution in [1.29, 1.82) is 0 Å². The van der Waals surface area contributed by atoms with Crippen molar-refractivity contribution in [1.82, 2.24) is 4.90 Å². The Morgan fingerprint density at radius 3 is 2.48 bits per heavy atom. The molecule has 0 aromatic heterocycles. The molecule has 1 aliphatic heterocycles. The number of hydrogen-bond acceptors (Lipinski definition) is 4. The summed E-state index contributed by atoms with van der Waals surface area (Å²) in [5.74, 6) is -3.15. The highest BCUT2D eigenvalue weighted by Gasteiger charge is 2.38. The van der Waals surface area contributed by atoms with Crippen molar-refractivity contribution in [2.45, 2.75) is 6.92 Å². The van der Waals surface area contributed by atoms with Crippen LogP contribution in [0.4, 0.5) is 10.1 Å². The van der Waals surface area contributed by atoms with E-state index in [4.69, 9.17) is 0 Å². The van der Waals surface area contributed by atoms with Crippen LogP contribution in [0.3, 0.4) is 0 Å². The van der Waals surface area contributed by atoms with E-state index in [1.165, 1.54) is 25.1 Å². The minimum absolute atomic E-state index is 0.0589. The Bertz CT molecular complexity index is 923. The zero-order valence-electron chi connectivity index (χ0n) is 13.2. The number of nitrogens with one attached hydrogen (secondary N) is 1. The average molecular weight is 340 g/mol. The Balaban J connectivity index is 1.75. The van der Waals surface area contributed by atoms with Gasteiger partial charge in [0.05, 0.1) is 11.1 Å². The van der Waals surface area contributed by atoms with Crippen molar-refractivity contribution in [3.05, 3.63) is 65.0 Å². The fraction of sp³-hybridized carbons (Fsp3) is 0.111. The largest absolute Gasteiger partial charge is 0.325 e. The number of Topliss-reactive ketones (excluding diaryl/α,β-unsaturated/α-hetero) is 1. The van der Waals surface area contributed by atoms with Gasteiger partial charge in [0.25, 0.3) is 11.8 Å². The normalized spacial score (nSPS) is 13.0. The summed E-state index contributed by atoms with van der Waals surface area (Å²) in [5.41, 5.74) is 0.399. The van der Waals surface area contributed by atoms with Gasteiger partial charge in [0.15, 0.2) is 5.78 Å². The number of fused-ring (bicyclic) bond motifs is 1. The molecule has 3 amide bonds. The van der Waals surface area contributed by atoms with Crippen molar-refractivity contribution in [3.63, 3.8) is 0 Å². The highest BCUT2D eigenvalue weighted by molar-refractivity contribution is 6.22. The predicted octanol–water partition coefficient (Wildman–Crippen LogP) is 2.26. The van der Waals surface area contributed by atoms with Gasteiger partial charge in [0.1, 0.15) is 12.4 Å². The second-order valence-corrected chi connectivity index (χ2v) is 5.54. The van der Waals surface area contributed by atoms with Crippen LogP contribution in [0, 0.1) is 5.82 Å². The lowest BCUT2D eigenvalue weighted by Gasteiger charge is -2.13. The Morgan fingerprint density at radius 1 is 1.08 bits per heavy atom. The topological polar surface area (TPSA) is 83.6 Å². The molecule has 0 bridgehead atoms. The van der Waals surface area contributed by atoms with Crippen LogP contribution in [0.15, 0.2) is 42.5 Å². The summed E-state index contributed by atoms with van der Waals surface area (Å²) in [6, 6.07) is 10.0. The van der Waals surface area contributed by atoms with E-state index in [0.29, 0.717) is 16.2 Å². The van der Waals surface area contributed by atoms with E-state index < -0.39 is 30.1 Å². The zero-order valence-corrected chi connectivity index (χ0v) is 13.2. The van der Waals surface area contributed by atoms with Crippen LogP contribution in [0.2, 0.25) is 0 Å². The minimum Gasteiger partial charge on any atom is -0.325 e. The first kappa shape index (κ1) is 16.5. The van der Waals surface area contributed by atoms with Crippen molar-refractivity contribution < 1.29 is 23.6 Å². The van der Waals surface area contributed by atoms with Gasteiger partial charge in [-0.2, -0.15) is 0 Å². The molecule has 0 unspecified atom stereocenters.